The van der Waals surface area contributed by atoms with Crippen LogP contribution in [0, 0.1) is 0 Å². The zero-order valence-electron chi connectivity index (χ0n) is 13.1. The van der Waals surface area contributed by atoms with E-state index in [0.717, 1.165) is 10.0 Å². The Morgan fingerprint density at radius 2 is 1.56 bits per heavy atom. The van der Waals surface area contributed by atoms with Gasteiger partial charge in [0.15, 0.2) is 0 Å². The topological polar surface area (TPSA) is 107 Å². The number of nitrogens with zero attached hydrogens (tertiary/aromatic N) is 1. The number of benzene rings is 2. The van der Waals surface area contributed by atoms with Crippen LogP contribution < -0.4 is 16.5 Å². The Kier molecular flexibility index (Phi) is 4.62. The lowest BCUT2D eigenvalue weighted by atomic mass is 10.1. The van der Waals surface area contributed by atoms with Crippen molar-refractivity contribution >= 4 is 38.3 Å². The molecule has 0 aliphatic carbocycles. The van der Waals surface area contributed by atoms with Gasteiger partial charge < -0.3 is 0 Å². The van der Waals surface area contributed by atoms with Gasteiger partial charge in [-0.15, -0.1) is 0 Å². The van der Waals surface area contributed by atoms with Gasteiger partial charge in [-0.3, -0.25) is 24.6 Å². The van der Waals surface area contributed by atoms with Crippen molar-refractivity contribution in [3.63, 3.8) is 0 Å². The predicted molar refractivity (Wildman–Crippen MR) is 99.0 cm³/mol. The van der Waals surface area contributed by atoms with E-state index in [1.54, 1.807) is 6.92 Å². The molecule has 0 fully saturated rings. The fraction of sp³-hybridized carbons (Fsp3) is 0.0588. The van der Waals surface area contributed by atoms with Crippen LogP contribution in [0.25, 0.3) is 10.8 Å². The van der Waals surface area contributed by atoms with Crippen molar-refractivity contribution in [1.29, 1.82) is 0 Å². The zero-order valence-corrected chi connectivity index (χ0v) is 14.7. The van der Waals surface area contributed by atoms with Crippen LogP contribution in [-0.4, -0.2) is 21.8 Å². The normalized spacial score (nSPS) is 11.5. The number of nitrogens with one attached hydrogen (secondary N) is 3. The van der Waals surface area contributed by atoms with Crippen LogP contribution in [0.1, 0.15) is 22.8 Å². The first-order chi connectivity index (χ1) is 12.0. The van der Waals surface area contributed by atoms with Crippen molar-refractivity contribution in [2.75, 3.05) is 0 Å². The molecule has 7 nitrogen and oxygen atoms in total. The van der Waals surface area contributed by atoms with Gasteiger partial charge in [0, 0.05) is 10.0 Å². The average Bonchev–Trinajstić information content (AvgIpc) is 2.63. The molecule has 3 rings (SSSR count). The van der Waals surface area contributed by atoms with Crippen LogP contribution in [0.4, 0.5) is 0 Å². The van der Waals surface area contributed by atoms with E-state index in [1.807, 2.05) is 24.3 Å². The van der Waals surface area contributed by atoms with E-state index in [2.05, 4.69) is 36.7 Å². The zero-order chi connectivity index (χ0) is 18.0. The molecular weight excluding hydrogens is 388 g/mol. The van der Waals surface area contributed by atoms with Gasteiger partial charge >= 0.3 is 0 Å². The maximum absolute atomic E-state index is 12.3. The molecule has 1 amide bonds. The minimum absolute atomic E-state index is 0.144. The number of amides is 1. The number of rotatable bonds is 3. The Bertz CT molecular complexity index is 1100. The second-order valence-corrected chi connectivity index (χ2v) is 6.23. The minimum atomic E-state index is -0.474. The van der Waals surface area contributed by atoms with Crippen molar-refractivity contribution in [3.8, 4) is 0 Å². The molecule has 0 bridgehead atoms. The summed E-state index contributed by atoms with van der Waals surface area (Å²) in [5.41, 5.74) is 3.28. The number of aromatic nitrogens is 2. The molecule has 0 radical (unpaired) electrons. The Morgan fingerprint density at radius 3 is 2.24 bits per heavy atom. The van der Waals surface area contributed by atoms with E-state index in [9.17, 15) is 14.4 Å². The molecule has 0 spiro atoms. The van der Waals surface area contributed by atoms with Crippen molar-refractivity contribution in [1.82, 2.24) is 15.6 Å². The van der Waals surface area contributed by atoms with Gasteiger partial charge in [0.05, 0.1) is 16.5 Å². The van der Waals surface area contributed by atoms with Gasteiger partial charge in [0.1, 0.15) is 0 Å². The summed E-state index contributed by atoms with van der Waals surface area (Å²) in [6.45, 7) is 1.77. The fourth-order valence-corrected chi connectivity index (χ4v) is 2.54. The van der Waals surface area contributed by atoms with Crippen molar-refractivity contribution in [2.24, 2.45) is 5.10 Å². The third kappa shape index (κ3) is 3.58. The van der Waals surface area contributed by atoms with Gasteiger partial charge in [-0.05, 0) is 42.8 Å². The van der Waals surface area contributed by atoms with Crippen LogP contribution in [-0.2, 0) is 0 Å². The smallest absolute Gasteiger partial charge is 0.267 e. The highest BCUT2D eigenvalue weighted by Gasteiger charge is 2.09. The van der Waals surface area contributed by atoms with E-state index >= 15 is 0 Å². The summed E-state index contributed by atoms with van der Waals surface area (Å²) in [7, 11) is 0. The average molecular weight is 401 g/mol. The van der Waals surface area contributed by atoms with Gasteiger partial charge in [0.2, 0.25) is 0 Å². The number of hydrazone groups is 1. The largest absolute Gasteiger partial charge is 0.271 e. The summed E-state index contributed by atoms with van der Waals surface area (Å²) in [4.78, 5) is 35.7. The van der Waals surface area contributed by atoms with E-state index in [-0.39, 0.29) is 16.3 Å². The molecule has 0 saturated heterocycles. The Hall–Kier alpha value is -3.00. The second-order valence-electron chi connectivity index (χ2n) is 5.31. The monoisotopic (exact) mass is 400 g/mol. The van der Waals surface area contributed by atoms with E-state index in [0.29, 0.717) is 5.71 Å². The number of halogens is 1. The highest BCUT2D eigenvalue weighted by atomic mass is 79.9. The lowest BCUT2D eigenvalue weighted by molar-refractivity contribution is 0.0955. The Balaban J connectivity index is 1.86. The molecular formula is C17H13BrN4O3. The number of hydrogen-bond donors (Lipinski definition) is 3. The van der Waals surface area contributed by atoms with Crippen LogP contribution in [0.2, 0.25) is 0 Å². The van der Waals surface area contributed by atoms with Crippen molar-refractivity contribution in [3.05, 3.63) is 78.8 Å². The summed E-state index contributed by atoms with van der Waals surface area (Å²) in [6.07, 6.45) is 0. The molecule has 0 unspecified atom stereocenters. The molecule has 8 heteroatoms. The third-order valence-corrected chi connectivity index (χ3v) is 4.18. The van der Waals surface area contributed by atoms with Gasteiger partial charge in [0.25, 0.3) is 17.0 Å². The molecule has 0 atom stereocenters. The molecule has 2 aromatic carbocycles. The molecule has 3 N–H and O–H groups in total. The molecule has 0 saturated carbocycles. The maximum Gasteiger partial charge on any atom is 0.271 e. The van der Waals surface area contributed by atoms with E-state index in [4.69, 9.17) is 0 Å². The number of carbonyl (C=O) groups excluding carboxylic acids is 1. The van der Waals surface area contributed by atoms with Crippen LogP contribution in [0.3, 0.4) is 0 Å². The Labute approximate surface area is 149 Å². The van der Waals surface area contributed by atoms with Gasteiger partial charge in [-0.25, -0.2) is 5.43 Å². The Morgan fingerprint density at radius 1 is 0.960 bits per heavy atom. The van der Waals surface area contributed by atoms with Gasteiger partial charge in [-0.2, -0.15) is 5.10 Å². The summed E-state index contributed by atoms with van der Waals surface area (Å²) in [6, 6.07) is 11.8. The third-order valence-electron chi connectivity index (χ3n) is 3.65. The SMILES string of the molecule is C/C(=N/NC(=O)c1ccc2c(=O)[nH][nH]c(=O)c2c1)c1ccc(Br)cc1. The quantitative estimate of drug-likeness (QED) is 0.462. The second kappa shape index (κ2) is 6.86. The van der Waals surface area contributed by atoms with Crippen LogP contribution in [0.15, 0.2) is 61.6 Å². The van der Waals surface area contributed by atoms with Gasteiger partial charge in [-0.1, -0.05) is 28.1 Å². The summed E-state index contributed by atoms with van der Waals surface area (Å²) in [5, 5.41) is 8.89. The predicted octanol–water partition coefficient (Wildman–Crippen LogP) is 2.13. The highest BCUT2D eigenvalue weighted by Crippen LogP contribution is 2.11. The highest BCUT2D eigenvalue weighted by molar-refractivity contribution is 9.10. The maximum atomic E-state index is 12.3. The molecule has 0 aliphatic rings. The molecule has 1 aromatic heterocycles. The molecule has 126 valence electrons. The standard InChI is InChI=1S/C17H13BrN4O3/c1-9(10-2-5-12(18)6-3-10)19-20-15(23)11-4-7-13-14(8-11)17(25)22-21-16(13)24/h2-8H,1H3,(H,20,23)(H,21,24)(H,22,25)/b19-9-. The minimum Gasteiger partial charge on any atom is -0.267 e. The molecule has 25 heavy (non-hydrogen) atoms. The summed E-state index contributed by atoms with van der Waals surface area (Å²) < 4.78 is 0.949. The first-order valence-electron chi connectivity index (χ1n) is 7.31. The first kappa shape index (κ1) is 16.8. The molecule has 1 heterocycles. The lowest BCUT2D eigenvalue weighted by Gasteiger charge is -2.04. The van der Waals surface area contributed by atoms with Crippen LogP contribution >= 0.6 is 15.9 Å². The fourth-order valence-electron chi connectivity index (χ4n) is 2.27. The first-order valence-corrected chi connectivity index (χ1v) is 8.10. The lowest BCUT2D eigenvalue weighted by Crippen LogP contribution is -2.22. The molecule has 3 aromatic rings. The molecule has 0 aliphatic heterocycles. The summed E-state index contributed by atoms with van der Waals surface area (Å²) in [5.74, 6) is -0.474. The van der Waals surface area contributed by atoms with Crippen LogP contribution in [0.5, 0.6) is 0 Å². The number of carbonyl (C=O) groups is 1. The number of hydrogen-bond acceptors (Lipinski definition) is 4. The van der Waals surface area contributed by atoms with E-state index in [1.165, 1.54) is 18.2 Å². The number of fused-ring (bicyclic) bond motifs is 1. The van der Waals surface area contributed by atoms with E-state index < -0.39 is 17.0 Å². The van der Waals surface area contributed by atoms with Crippen molar-refractivity contribution in [2.45, 2.75) is 6.92 Å². The van der Waals surface area contributed by atoms with Crippen molar-refractivity contribution < 1.29 is 4.79 Å². The number of H-pyrrole nitrogens is 2. The summed E-state index contributed by atoms with van der Waals surface area (Å²) >= 11 is 3.36. The number of aromatic amines is 2.